The summed E-state index contributed by atoms with van der Waals surface area (Å²) in [6.07, 6.45) is 3.13. The number of benzene rings is 2. The van der Waals surface area contributed by atoms with E-state index in [2.05, 4.69) is 10.3 Å². The lowest BCUT2D eigenvalue weighted by atomic mass is 9.96. The number of aromatic nitrogens is 1. The monoisotopic (exact) mass is 457 g/mol. The maximum atomic E-state index is 13.2. The molecule has 4 rings (SSSR count). The third-order valence-electron chi connectivity index (χ3n) is 5.33. The van der Waals surface area contributed by atoms with E-state index >= 15 is 0 Å². The molecule has 1 atom stereocenters. The zero-order valence-corrected chi connectivity index (χ0v) is 18.7. The molecule has 0 saturated carbocycles. The highest BCUT2D eigenvalue weighted by molar-refractivity contribution is 6.51. The van der Waals surface area contributed by atoms with Crippen LogP contribution in [0.1, 0.15) is 31.0 Å². The van der Waals surface area contributed by atoms with Gasteiger partial charge in [0.15, 0.2) is 0 Å². The Kier molecular flexibility index (Phi) is 6.40. The van der Waals surface area contributed by atoms with E-state index in [1.165, 1.54) is 11.8 Å². The average molecular weight is 457 g/mol. The molecule has 1 fully saturated rings. The van der Waals surface area contributed by atoms with Crippen LogP contribution in [0.2, 0.25) is 0 Å². The summed E-state index contributed by atoms with van der Waals surface area (Å²) in [5.41, 5.74) is 1.75. The van der Waals surface area contributed by atoms with Crippen molar-refractivity contribution in [3.63, 3.8) is 0 Å². The Labute approximate surface area is 196 Å². The van der Waals surface area contributed by atoms with Gasteiger partial charge >= 0.3 is 0 Å². The fraction of sp³-hybridized carbons (Fsp3) is 0.154. The summed E-state index contributed by atoms with van der Waals surface area (Å²) in [4.78, 5) is 43.4. The largest absolute Gasteiger partial charge is 0.507 e. The van der Waals surface area contributed by atoms with Gasteiger partial charge in [0.05, 0.1) is 18.2 Å². The SMILES string of the molecule is CCOc1ccc(/C(O)=C2\C(=O)C(=O)N(c3cccc(NC(C)=O)c3)C2c2cccnc2)cc1. The van der Waals surface area contributed by atoms with E-state index in [1.807, 2.05) is 6.92 Å². The lowest BCUT2D eigenvalue weighted by molar-refractivity contribution is -0.132. The number of amides is 2. The Morgan fingerprint density at radius 2 is 1.88 bits per heavy atom. The number of hydrogen-bond donors (Lipinski definition) is 2. The molecule has 8 heteroatoms. The molecule has 1 aliphatic heterocycles. The molecular weight excluding hydrogens is 434 g/mol. The van der Waals surface area contributed by atoms with Crippen molar-refractivity contribution in [2.45, 2.75) is 19.9 Å². The number of hydrogen-bond acceptors (Lipinski definition) is 6. The first-order valence-electron chi connectivity index (χ1n) is 10.7. The van der Waals surface area contributed by atoms with Gasteiger partial charge in [-0.05, 0) is 61.0 Å². The number of aliphatic hydroxyl groups excluding tert-OH is 1. The fourth-order valence-electron chi connectivity index (χ4n) is 3.92. The fourth-order valence-corrected chi connectivity index (χ4v) is 3.92. The van der Waals surface area contributed by atoms with E-state index in [4.69, 9.17) is 4.74 Å². The lowest BCUT2D eigenvalue weighted by Gasteiger charge is -2.25. The Hall–Kier alpha value is -4.46. The summed E-state index contributed by atoms with van der Waals surface area (Å²) in [6.45, 7) is 3.74. The maximum absolute atomic E-state index is 13.2. The number of pyridine rings is 1. The second-order valence-electron chi connectivity index (χ2n) is 7.64. The van der Waals surface area contributed by atoms with Crippen molar-refractivity contribution in [2.24, 2.45) is 0 Å². The van der Waals surface area contributed by atoms with Gasteiger partial charge in [0.25, 0.3) is 11.7 Å². The number of anilines is 2. The second kappa shape index (κ2) is 9.58. The average Bonchev–Trinajstić information content (AvgIpc) is 3.10. The molecule has 0 bridgehead atoms. The molecule has 34 heavy (non-hydrogen) atoms. The molecule has 0 aliphatic carbocycles. The minimum Gasteiger partial charge on any atom is -0.507 e. The smallest absolute Gasteiger partial charge is 0.300 e. The number of ether oxygens (including phenoxy) is 1. The van der Waals surface area contributed by atoms with E-state index < -0.39 is 17.7 Å². The van der Waals surface area contributed by atoms with Gasteiger partial charge < -0.3 is 15.2 Å². The Bertz CT molecular complexity index is 1270. The molecule has 2 heterocycles. The number of carbonyl (C=O) groups is 3. The van der Waals surface area contributed by atoms with Gasteiger partial charge in [-0.2, -0.15) is 0 Å². The summed E-state index contributed by atoms with van der Waals surface area (Å²) >= 11 is 0. The van der Waals surface area contributed by atoms with Crippen LogP contribution in [0.3, 0.4) is 0 Å². The van der Waals surface area contributed by atoms with Crippen LogP contribution in [-0.2, 0) is 14.4 Å². The predicted molar refractivity (Wildman–Crippen MR) is 127 cm³/mol. The van der Waals surface area contributed by atoms with Crippen molar-refractivity contribution in [3.05, 3.63) is 89.8 Å². The first-order valence-corrected chi connectivity index (χ1v) is 10.7. The third kappa shape index (κ3) is 4.38. The summed E-state index contributed by atoms with van der Waals surface area (Å²) in [5.74, 6) is -1.54. The van der Waals surface area contributed by atoms with Gasteiger partial charge in [-0.1, -0.05) is 12.1 Å². The van der Waals surface area contributed by atoms with Crippen LogP contribution < -0.4 is 15.0 Å². The molecule has 3 aromatic rings. The number of nitrogens with one attached hydrogen (secondary N) is 1. The van der Waals surface area contributed by atoms with Crippen molar-refractivity contribution in [1.29, 1.82) is 0 Å². The maximum Gasteiger partial charge on any atom is 0.300 e. The first-order chi connectivity index (χ1) is 16.4. The Morgan fingerprint density at radius 3 is 2.53 bits per heavy atom. The number of rotatable bonds is 6. The van der Waals surface area contributed by atoms with Crippen LogP contribution in [-0.4, -0.2) is 34.3 Å². The molecule has 1 aromatic heterocycles. The van der Waals surface area contributed by atoms with Gasteiger partial charge in [0.2, 0.25) is 5.91 Å². The van der Waals surface area contributed by atoms with E-state index in [-0.39, 0.29) is 17.2 Å². The zero-order chi connectivity index (χ0) is 24.2. The number of nitrogens with zero attached hydrogens (tertiary/aromatic N) is 2. The van der Waals surface area contributed by atoms with E-state index in [0.717, 1.165) is 0 Å². The highest BCUT2D eigenvalue weighted by Crippen LogP contribution is 2.42. The van der Waals surface area contributed by atoms with Crippen molar-refractivity contribution in [1.82, 2.24) is 4.98 Å². The third-order valence-corrected chi connectivity index (χ3v) is 5.33. The van der Waals surface area contributed by atoms with Gasteiger partial charge in [0, 0.05) is 36.3 Å². The summed E-state index contributed by atoms with van der Waals surface area (Å²) in [5, 5.41) is 13.8. The molecule has 1 saturated heterocycles. The van der Waals surface area contributed by atoms with Gasteiger partial charge in [-0.25, -0.2) is 0 Å². The van der Waals surface area contributed by atoms with Gasteiger partial charge in [-0.15, -0.1) is 0 Å². The van der Waals surface area contributed by atoms with E-state index in [9.17, 15) is 19.5 Å². The molecule has 1 unspecified atom stereocenters. The Balaban J connectivity index is 1.86. The summed E-state index contributed by atoms with van der Waals surface area (Å²) < 4.78 is 5.44. The van der Waals surface area contributed by atoms with Crippen LogP contribution >= 0.6 is 0 Å². The minimum atomic E-state index is -0.909. The number of ketones is 1. The van der Waals surface area contributed by atoms with Crippen LogP contribution in [0.15, 0.2) is 78.6 Å². The number of carbonyl (C=O) groups excluding carboxylic acids is 3. The van der Waals surface area contributed by atoms with Crippen LogP contribution in [0.5, 0.6) is 5.75 Å². The standard InChI is InChI=1S/C26H23N3O5/c1-3-34-21-11-9-17(10-12-21)24(31)22-23(18-6-5-13-27-15-18)29(26(33)25(22)32)20-8-4-7-19(14-20)28-16(2)30/h4-15,23,31H,3H2,1-2H3,(H,28,30)/b24-22+. The second-order valence-corrected chi connectivity index (χ2v) is 7.64. The van der Waals surface area contributed by atoms with Gasteiger partial charge in [-0.3, -0.25) is 24.3 Å². The van der Waals surface area contributed by atoms with Crippen LogP contribution in [0, 0.1) is 0 Å². The van der Waals surface area contributed by atoms with Crippen molar-refractivity contribution in [3.8, 4) is 5.75 Å². The number of aliphatic hydroxyl groups is 1. The number of Topliss-reactive ketones (excluding diaryl/α,β-unsaturated/α-hetero) is 1. The van der Waals surface area contributed by atoms with Crippen molar-refractivity contribution < 1.29 is 24.2 Å². The van der Waals surface area contributed by atoms with E-state index in [1.54, 1.807) is 73.1 Å². The summed E-state index contributed by atoms with van der Waals surface area (Å²) in [7, 11) is 0. The van der Waals surface area contributed by atoms with Crippen molar-refractivity contribution in [2.75, 3.05) is 16.8 Å². The minimum absolute atomic E-state index is 0.0490. The van der Waals surface area contributed by atoms with Crippen LogP contribution in [0.4, 0.5) is 11.4 Å². The molecule has 1 aliphatic rings. The van der Waals surface area contributed by atoms with Crippen LogP contribution in [0.25, 0.3) is 5.76 Å². The topological polar surface area (TPSA) is 109 Å². The normalized spacial score (nSPS) is 17.0. The molecule has 0 radical (unpaired) electrons. The summed E-state index contributed by atoms with van der Waals surface area (Å²) in [6, 6.07) is 15.8. The zero-order valence-electron chi connectivity index (χ0n) is 18.7. The molecule has 2 N–H and O–H groups in total. The predicted octanol–water partition coefficient (Wildman–Crippen LogP) is 4.07. The Morgan fingerprint density at radius 1 is 1.12 bits per heavy atom. The quantitative estimate of drug-likeness (QED) is 0.328. The van der Waals surface area contributed by atoms with Gasteiger partial charge in [0.1, 0.15) is 11.5 Å². The highest BCUT2D eigenvalue weighted by atomic mass is 16.5. The van der Waals surface area contributed by atoms with E-state index in [0.29, 0.717) is 34.9 Å². The molecule has 172 valence electrons. The molecule has 0 spiro atoms. The molecular formula is C26H23N3O5. The molecule has 2 amide bonds. The highest BCUT2D eigenvalue weighted by Gasteiger charge is 2.47. The first kappa shape index (κ1) is 22.7. The lowest BCUT2D eigenvalue weighted by Crippen LogP contribution is -2.29. The molecule has 2 aromatic carbocycles. The van der Waals surface area contributed by atoms with Crippen molar-refractivity contribution >= 4 is 34.7 Å². The molecule has 8 nitrogen and oxygen atoms in total.